The number of rotatable bonds is 1. The molecule has 2 heteroatoms. The van der Waals surface area contributed by atoms with Gasteiger partial charge in [0.15, 0.2) is 0 Å². The number of fused-ring (bicyclic) bond motifs is 3. The van der Waals surface area contributed by atoms with Crippen LogP contribution in [-0.4, -0.2) is 22.4 Å². The van der Waals surface area contributed by atoms with E-state index >= 15 is 0 Å². The summed E-state index contributed by atoms with van der Waals surface area (Å²) in [5.41, 5.74) is 1.07. The summed E-state index contributed by atoms with van der Waals surface area (Å²) in [4.78, 5) is 0. The molecule has 0 spiro atoms. The molecule has 0 aromatic carbocycles. The van der Waals surface area contributed by atoms with Gasteiger partial charge in [-0.3, -0.25) is 0 Å². The van der Waals surface area contributed by atoms with Gasteiger partial charge in [0.1, 0.15) is 0 Å². The lowest BCUT2D eigenvalue weighted by atomic mass is 9.61. The smallest absolute Gasteiger partial charge is 0.0861 e. The summed E-state index contributed by atoms with van der Waals surface area (Å²) in [5.74, 6) is 3.51. The SMILES string of the molecule is C=C1CC(O)C(O)C2(C)CC3C(C(C)C)C3C12. The summed E-state index contributed by atoms with van der Waals surface area (Å²) < 4.78 is 0. The quantitative estimate of drug-likeness (QED) is 0.685. The highest BCUT2D eigenvalue weighted by atomic mass is 16.3. The van der Waals surface area contributed by atoms with Gasteiger partial charge >= 0.3 is 0 Å². The van der Waals surface area contributed by atoms with E-state index in [4.69, 9.17) is 0 Å². The summed E-state index contributed by atoms with van der Waals surface area (Å²) in [6.07, 6.45) is 0.509. The number of hydrogen-bond donors (Lipinski definition) is 2. The normalized spacial score (nSPS) is 56.9. The molecule has 0 radical (unpaired) electrons. The predicted molar refractivity (Wildman–Crippen MR) is 67.3 cm³/mol. The van der Waals surface area contributed by atoms with Crippen molar-refractivity contribution in [2.24, 2.45) is 35.0 Å². The van der Waals surface area contributed by atoms with Crippen LogP contribution in [0.3, 0.4) is 0 Å². The van der Waals surface area contributed by atoms with E-state index in [0.29, 0.717) is 12.3 Å². The molecule has 7 atom stereocenters. The van der Waals surface area contributed by atoms with Crippen LogP contribution in [0.5, 0.6) is 0 Å². The maximum atomic E-state index is 10.3. The molecule has 2 N–H and O–H groups in total. The Morgan fingerprint density at radius 3 is 2.59 bits per heavy atom. The molecule has 0 aromatic rings. The molecular weight excluding hydrogens is 212 g/mol. The first-order valence-corrected chi connectivity index (χ1v) is 6.91. The van der Waals surface area contributed by atoms with Crippen LogP contribution < -0.4 is 0 Å². The first-order chi connectivity index (χ1) is 7.88. The van der Waals surface area contributed by atoms with E-state index in [-0.39, 0.29) is 5.41 Å². The Bertz CT molecular complexity index is 362. The van der Waals surface area contributed by atoms with Crippen molar-refractivity contribution < 1.29 is 10.2 Å². The van der Waals surface area contributed by atoms with Gasteiger partial charge in [-0.15, -0.1) is 0 Å². The molecule has 3 aliphatic rings. The third-order valence-electron chi connectivity index (χ3n) is 5.78. The molecule has 2 nitrogen and oxygen atoms in total. The molecule has 0 bridgehead atoms. The minimum Gasteiger partial charge on any atom is -0.390 e. The fourth-order valence-corrected chi connectivity index (χ4v) is 5.17. The van der Waals surface area contributed by atoms with Crippen molar-refractivity contribution in [3.63, 3.8) is 0 Å². The maximum absolute atomic E-state index is 10.3. The van der Waals surface area contributed by atoms with Crippen molar-refractivity contribution in [1.82, 2.24) is 0 Å². The number of aliphatic hydroxyl groups excluding tert-OH is 2. The van der Waals surface area contributed by atoms with Gasteiger partial charge in [0, 0.05) is 5.41 Å². The number of aliphatic hydroxyl groups is 2. The molecule has 3 fully saturated rings. The molecule has 0 aromatic heterocycles. The molecule has 0 heterocycles. The third kappa shape index (κ3) is 1.34. The minimum atomic E-state index is -0.598. The first kappa shape index (κ1) is 11.7. The van der Waals surface area contributed by atoms with Crippen molar-refractivity contribution in [2.75, 3.05) is 0 Å². The van der Waals surface area contributed by atoms with Crippen LogP contribution in [0.2, 0.25) is 0 Å². The van der Waals surface area contributed by atoms with Crippen molar-refractivity contribution >= 4 is 0 Å². The highest BCUT2D eigenvalue weighted by molar-refractivity contribution is 5.27. The second-order valence-corrected chi connectivity index (χ2v) is 7.12. The van der Waals surface area contributed by atoms with Gasteiger partial charge in [0.05, 0.1) is 12.2 Å². The molecule has 3 saturated carbocycles. The zero-order valence-electron chi connectivity index (χ0n) is 11.1. The monoisotopic (exact) mass is 236 g/mol. The molecule has 3 aliphatic carbocycles. The molecule has 0 saturated heterocycles. The van der Waals surface area contributed by atoms with E-state index in [1.54, 1.807) is 0 Å². The van der Waals surface area contributed by atoms with Gasteiger partial charge in [-0.25, -0.2) is 0 Å². The minimum absolute atomic E-state index is 0.116. The Hall–Kier alpha value is -0.340. The molecular formula is C15H24O2. The van der Waals surface area contributed by atoms with Gasteiger partial charge < -0.3 is 10.2 Å². The van der Waals surface area contributed by atoms with E-state index in [9.17, 15) is 10.2 Å². The van der Waals surface area contributed by atoms with E-state index in [1.165, 1.54) is 5.57 Å². The van der Waals surface area contributed by atoms with E-state index in [1.807, 2.05) is 0 Å². The van der Waals surface area contributed by atoms with Crippen molar-refractivity contribution in [3.05, 3.63) is 12.2 Å². The Morgan fingerprint density at radius 2 is 2.00 bits per heavy atom. The summed E-state index contributed by atoms with van der Waals surface area (Å²) in [5, 5.41) is 20.2. The lowest BCUT2D eigenvalue weighted by molar-refractivity contribution is -0.0972. The number of hydrogen-bond acceptors (Lipinski definition) is 2. The zero-order chi connectivity index (χ0) is 12.5. The average Bonchev–Trinajstić information content (AvgIpc) is 2.80. The second kappa shape index (κ2) is 3.36. The van der Waals surface area contributed by atoms with Crippen LogP contribution in [0.1, 0.15) is 33.6 Å². The van der Waals surface area contributed by atoms with Gasteiger partial charge in [-0.1, -0.05) is 32.9 Å². The topological polar surface area (TPSA) is 40.5 Å². The molecule has 17 heavy (non-hydrogen) atoms. The highest BCUT2D eigenvalue weighted by Crippen LogP contribution is 2.73. The molecule has 96 valence electrons. The summed E-state index contributed by atoms with van der Waals surface area (Å²) >= 11 is 0. The summed E-state index contributed by atoms with van der Waals surface area (Å²) in [7, 11) is 0. The Labute approximate surface area is 104 Å². The van der Waals surface area contributed by atoms with E-state index in [0.717, 1.165) is 30.1 Å². The van der Waals surface area contributed by atoms with Crippen LogP contribution >= 0.6 is 0 Å². The average molecular weight is 236 g/mol. The molecule has 3 rings (SSSR count). The van der Waals surface area contributed by atoms with Crippen LogP contribution in [0, 0.1) is 35.0 Å². The predicted octanol–water partition coefficient (Wildman–Crippen LogP) is 2.21. The van der Waals surface area contributed by atoms with Crippen LogP contribution in [0.4, 0.5) is 0 Å². The fourth-order valence-electron chi connectivity index (χ4n) is 5.17. The van der Waals surface area contributed by atoms with Crippen LogP contribution in [-0.2, 0) is 0 Å². The maximum Gasteiger partial charge on any atom is 0.0861 e. The van der Waals surface area contributed by atoms with E-state index < -0.39 is 12.2 Å². The Morgan fingerprint density at radius 1 is 1.35 bits per heavy atom. The van der Waals surface area contributed by atoms with Gasteiger partial charge in [0.25, 0.3) is 0 Å². The van der Waals surface area contributed by atoms with Gasteiger partial charge in [-0.2, -0.15) is 0 Å². The largest absolute Gasteiger partial charge is 0.390 e. The Balaban J connectivity index is 1.90. The van der Waals surface area contributed by atoms with Crippen LogP contribution in [0.15, 0.2) is 12.2 Å². The molecule has 7 unspecified atom stereocenters. The van der Waals surface area contributed by atoms with Gasteiger partial charge in [0.2, 0.25) is 0 Å². The van der Waals surface area contributed by atoms with Gasteiger partial charge in [-0.05, 0) is 42.4 Å². The van der Waals surface area contributed by atoms with Crippen molar-refractivity contribution in [3.8, 4) is 0 Å². The standard InChI is InChI=1S/C15H24O2/c1-7(2)11-9-6-15(4)13(12(9)11)8(3)5-10(16)14(15)17/h7,9-14,16-17H,3,5-6H2,1-2,4H3. The first-order valence-electron chi connectivity index (χ1n) is 6.91. The van der Waals surface area contributed by atoms with Crippen molar-refractivity contribution in [1.29, 1.82) is 0 Å². The molecule has 0 aliphatic heterocycles. The highest BCUT2D eigenvalue weighted by Gasteiger charge is 2.69. The second-order valence-electron chi connectivity index (χ2n) is 7.12. The fraction of sp³-hybridized carbons (Fsp3) is 0.867. The summed E-state index contributed by atoms with van der Waals surface area (Å²) in [6, 6.07) is 0. The lowest BCUT2D eigenvalue weighted by Gasteiger charge is -2.47. The third-order valence-corrected chi connectivity index (χ3v) is 5.78. The van der Waals surface area contributed by atoms with Crippen LogP contribution in [0.25, 0.3) is 0 Å². The zero-order valence-corrected chi connectivity index (χ0v) is 11.1. The Kier molecular flexibility index (Phi) is 2.32. The van der Waals surface area contributed by atoms with E-state index in [2.05, 4.69) is 27.4 Å². The molecule has 0 amide bonds. The summed E-state index contributed by atoms with van der Waals surface area (Å²) in [6.45, 7) is 10.9. The lowest BCUT2D eigenvalue weighted by Crippen LogP contribution is -2.50. The van der Waals surface area contributed by atoms with Crippen molar-refractivity contribution in [2.45, 2.75) is 45.8 Å².